The number of carbonyl (C=O) groups is 1. The predicted molar refractivity (Wildman–Crippen MR) is 69.7 cm³/mol. The molecule has 0 amide bonds. The van der Waals surface area contributed by atoms with Gasteiger partial charge in [-0.05, 0) is 49.7 Å². The van der Waals surface area contributed by atoms with Crippen molar-refractivity contribution in [3.05, 3.63) is 10.6 Å². The fourth-order valence-corrected chi connectivity index (χ4v) is 3.44. The smallest absolute Gasteiger partial charge is 0.201 e. The Balaban J connectivity index is 2.03. The molecule has 19 heavy (non-hydrogen) atoms. The Kier molecular flexibility index (Phi) is 2.80. The number of ether oxygens (including phenoxy) is 4. The summed E-state index contributed by atoms with van der Waals surface area (Å²) in [6.07, 6.45) is 0.598. The van der Waals surface area contributed by atoms with Gasteiger partial charge in [0.2, 0.25) is 5.78 Å². The Labute approximate surface area is 120 Å². The molecule has 3 rings (SSSR count). The lowest BCUT2D eigenvalue weighted by Crippen LogP contribution is -2.54. The molecule has 2 heterocycles. The Morgan fingerprint density at radius 1 is 1.21 bits per heavy atom. The summed E-state index contributed by atoms with van der Waals surface area (Å²) >= 11 is 3.29. The standard InChI is InChI=1S/C13H17BrO5/c1-11(2)16-6-13(19-11)5-7(14)8(15)9-10(13)18-12(3,4)17-9/h5,9-10H,6H2,1-4H3/t9-,10-,13+/m0/s1. The molecule has 1 spiro atoms. The van der Waals surface area contributed by atoms with Crippen LogP contribution < -0.4 is 0 Å². The van der Waals surface area contributed by atoms with Crippen LogP contribution in [0, 0.1) is 0 Å². The maximum Gasteiger partial charge on any atom is 0.201 e. The molecule has 0 unspecified atom stereocenters. The van der Waals surface area contributed by atoms with E-state index in [4.69, 9.17) is 18.9 Å². The number of fused-ring (bicyclic) bond motifs is 2. The Morgan fingerprint density at radius 3 is 2.47 bits per heavy atom. The van der Waals surface area contributed by atoms with Crippen LogP contribution in [-0.2, 0) is 23.7 Å². The first-order valence-electron chi connectivity index (χ1n) is 6.27. The van der Waals surface area contributed by atoms with E-state index in [0.717, 1.165) is 0 Å². The fourth-order valence-electron chi connectivity index (χ4n) is 2.83. The van der Waals surface area contributed by atoms with Gasteiger partial charge in [0.1, 0.15) is 11.7 Å². The molecule has 1 aliphatic carbocycles. The van der Waals surface area contributed by atoms with Gasteiger partial charge >= 0.3 is 0 Å². The van der Waals surface area contributed by atoms with Crippen molar-refractivity contribution in [2.24, 2.45) is 0 Å². The summed E-state index contributed by atoms with van der Waals surface area (Å²) in [4.78, 5) is 12.2. The van der Waals surface area contributed by atoms with Crippen molar-refractivity contribution in [1.29, 1.82) is 0 Å². The van der Waals surface area contributed by atoms with E-state index in [1.807, 2.05) is 13.8 Å². The van der Waals surface area contributed by atoms with E-state index in [2.05, 4.69) is 15.9 Å². The van der Waals surface area contributed by atoms with Crippen molar-refractivity contribution >= 4 is 21.7 Å². The number of rotatable bonds is 0. The molecule has 2 saturated heterocycles. The minimum Gasteiger partial charge on any atom is -0.347 e. The Hall–Kier alpha value is -0.270. The molecule has 0 bridgehead atoms. The van der Waals surface area contributed by atoms with Crippen LogP contribution in [0.3, 0.4) is 0 Å². The van der Waals surface area contributed by atoms with Crippen molar-refractivity contribution in [2.75, 3.05) is 6.61 Å². The van der Waals surface area contributed by atoms with Crippen LogP contribution >= 0.6 is 15.9 Å². The van der Waals surface area contributed by atoms with Gasteiger partial charge in [0.15, 0.2) is 17.7 Å². The molecule has 3 aliphatic rings. The molecule has 0 saturated carbocycles. The normalized spacial score (nSPS) is 43.4. The zero-order chi connectivity index (χ0) is 14.1. The first kappa shape index (κ1) is 13.7. The highest BCUT2D eigenvalue weighted by atomic mass is 79.9. The lowest BCUT2D eigenvalue weighted by Gasteiger charge is -2.36. The van der Waals surface area contributed by atoms with Gasteiger partial charge in [-0.15, -0.1) is 0 Å². The number of hydrogen-bond donors (Lipinski definition) is 0. The summed E-state index contributed by atoms with van der Waals surface area (Å²) in [5.41, 5.74) is -0.783. The third-order valence-electron chi connectivity index (χ3n) is 3.52. The molecule has 5 nitrogen and oxygen atoms in total. The van der Waals surface area contributed by atoms with Crippen molar-refractivity contribution < 1.29 is 23.7 Å². The SMILES string of the molecule is CC1(C)O[C@H]2C(=O)C(Br)=C[C@@]3(COC(C)(C)O3)[C@H]2O1. The minimum atomic E-state index is -0.806. The van der Waals surface area contributed by atoms with Crippen LogP contribution in [0.15, 0.2) is 10.6 Å². The van der Waals surface area contributed by atoms with Crippen LogP contribution in [-0.4, -0.2) is 41.8 Å². The maximum atomic E-state index is 12.2. The Bertz CT molecular complexity index is 470. The summed E-state index contributed by atoms with van der Waals surface area (Å²) in [5.74, 6) is -1.63. The number of hydrogen-bond acceptors (Lipinski definition) is 5. The first-order chi connectivity index (χ1) is 8.64. The third-order valence-corrected chi connectivity index (χ3v) is 4.14. The van der Waals surface area contributed by atoms with Crippen LogP contribution in [0.4, 0.5) is 0 Å². The second-order valence-corrected chi connectivity index (χ2v) is 6.93. The zero-order valence-electron chi connectivity index (χ0n) is 11.4. The third kappa shape index (κ3) is 2.10. The monoisotopic (exact) mass is 332 g/mol. The average molecular weight is 333 g/mol. The second kappa shape index (κ2) is 3.89. The van der Waals surface area contributed by atoms with E-state index in [9.17, 15) is 4.79 Å². The number of Topliss-reactive ketones (excluding diaryl/α,β-unsaturated/α-hetero) is 1. The quantitative estimate of drug-likeness (QED) is 0.678. The van der Waals surface area contributed by atoms with Crippen LogP contribution in [0.5, 0.6) is 0 Å². The maximum absolute atomic E-state index is 12.2. The van der Waals surface area contributed by atoms with Gasteiger partial charge in [-0.3, -0.25) is 4.79 Å². The van der Waals surface area contributed by atoms with E-state index >= 15 is 0 Å². The molecular weight excluding hydrogens is 316 g/mol. The second-order valence-electron chi connectivity index (χ2n) is 6.08. The summed E-state index contributed by atoms with van der Waals surface area (Å²) < 4.78 is 23.7. The fraction of sp³-hybridized carbons (Fsp3) is 0.769. The van der Waals surface area contributed by atoms with Gasteiger partial charge in [0.05, 0.1) is 11.1 Å². The molecule has 0 aromatic carbocycles. The highest BCUT2D eigenvalue weighted by molar-refractivity contribution is 9.12. The molecule has 2 fully saturated rings. The molecule has 2 aliphatic heterocycles. The predicted octanol–water partition coefficient (Wildman–Crippen LogP) is 1.89. The van der Waals surface area contributed by atoms with E-state index in [0.29, 0.717) is 11.1 Å². The van der Waals surface area contributed by atoms with E-state index in [1.54, 1.807) is 19.9 Å². The number of ketones is 1. The lowest BCUT2D eigenvalue weighted by atomic mass is 9.86. The minimum absolute atomic E-state index is 0.116. The van der Waals surface area contributed by atoms with Gasteiger partial charge in [-0.25, -0.2) is 0 Å². The van der Waals surface area contributed by atoms with E-state index < -0.39 is 29.4 Å². The zero-order valence-corrected chi connectivity index (χ0v) is 12.9. The number of carbonyl (C=O) groups excluding carboxylic acids is 1. The van der Waals surface area contributed by atoms with Gasteiger partial charge < -0.3 is 18.9 Å². The molecule has 0 N–H and O–H groups in total. The van der Waals surface area contributed by atoms with Crippen molar-refractivity contribution in [3.8, 4) is 0 Å². The van der Waals surface area contributed by atoms with Crippen LogP contribution in [0.25, 0.3) is 0 Å². The van der Waals surface area contributed by atoms with E-state index in [1.165, 1.54) is 0 Å². The van der Waals surface area contributed by atoms with Gasteiger partial charge in [-0.2, -0.15) is 0 Å². The first-order valence-corrected chi connectivity index (χ1v) is 7.06. The topological polar surface area (TPSA) is 54.0 Å². The molecule has 0 radical (unpaired) electrons. The van der Waals surface area contributed by atoms with Crippen molar-refractivity contribution in [2.45, 2.75) is 57.1 Å². The van der Waals surface area contributed by atoms with Crippen molar-refractivity contribution in [3.63, 3.8) is 0 Å². The summed E-state index contributed by atoms with van der Waals surface area (Å²) in [7, 11) is 0. The van der Waals surface area contributed by atoms with E-state index in [-0.39, 0.29) is 5.78 Å². The molecular formula is C13H17BrO5. The summed E-state index contributed by atoms with van der Waals surface area (Å²) in [5, 5.41) is 0. The van der Waals surface area contributed by atoms with Crippen LogP contribution in [0.1, 0.15) is 27.7 Å². The van der Waals surface area contributed by atoms with Gasteiger partial charge in [0.25, 0.3) is 0 Å². The highest BCUT2D eigenvalue weighted by Crippen LogP contribution is 2.47. The lowest BCUT2D eigenvalue weighted by molar-refractivity contribution is -0.192. The average Bonchev–Trinajstić information content (AvgIpc) is 2.74. The highest BCUT2D eigenvalue weighted by Gasteiger charge is 2.62. The number of halogens is 1. The van der Waals surface area contributed by atoms with Gasteiger partial charge in [0, 0.05) is 0 Å². The molecule has 0 aromatic rings. The summed E-state index contributed by atoms with van der Waals surface area (Å²) in [6.45, 7) is 7.61. The molecule has 106 valence electrons. The van der Waals surface area contributed by atoms with Crippen LogP contribution in [0.2, 0.25) is 0 Å². The molecule has 0 aromatic heterocycles. The molecule has 3 atom stereocenters. The molecule has 6 heteroatoms. The van der Waals surface area contributed by atoms with Gasteiger partial charge in [-0.1, -0.05) is 0 Å². The Morgan fingerprint density at radius 2 is 1.89 bits per heavy atom. The largest absolute Gasteiger partial charge is 0.347 e. The summed E-state index contributed by atoms with van der Waals surface area (Å²) in [6, 6.07) is 0. The van der Waals surface area contributed by atoms with Crippen molar-refractivity contribution in [1.82, 2.24) is 0 Å².